The molecule has 3 N–H and O–H groups in total. The highest BCUT2D eigenvalue weighted by molar-refractivity contribution is 6.43. The number of primary amides is 1. The molecule has 0 unspecified atom stereocenters. The van der Waals surface area contributed by atoms with Crippen molar-refractivity contribution in [3.05, 3.63) is 82.9 Å². The Bertz CT molecular complexity index is 1320. The highest BCUT2D eigenvalue weighted by Crippen LogP contribution is 2.35. The van der Waals surface area contributed by atoms with E-state index in [9.17, 15) is 19.5 Å². The number of Topliss-reactive ketones (excluding diaryl/α,β-unsaturated/α-hetero) is 1. The lowest BCUT2D eigenvalue weighted by atomic mass is 9.99. The first-order chi connectivity index (χ1) is 13.9. The molecule has 6 heteroatoms. The maximum atomic E-state index is 12.4. The second kappa shape index (κ2) is 6.91. The van der Waals surface area contributed by atoms with Gasteiger partial charge in [0.2, 0.25) is 5.91 Å². The first kappa shape index (κ1) is 18.4. The van der Waals surface area contributed by atoms with E-state index in [-0.39, 0.29) is 11.1 Å². The minimum absolute atomic E-state index is 0.0386. The number of carboxylic acids is 1. The quantitative estimate of drug-likeness (QED) is 0.405. The maximum Gasteiger partial charge on any atom is 0.377 e. The lowest BCUT2D eigenvalue weighted by Gasteiger charge is -2.09. The Morgan fingerprint density at radius 1 is 0.897 bits per heavy atom. The predicted octanol–water partition coefficient (Wildman–Crippen LogP) is 3.52. The summed E-state index contributed by atoms with van der Waals surface area (Å²) in [6, 6.07) is 18.1. The Morgan fingerprint density at radius 2 is 1.48 bits per heavy atom. The summed E-state index contributed by atoms with van der Waals surface area (Å²) < 4.78 is 1.98. The number of carboxylic acid groups (broad SMARTS) is 1. The minimum atomic E-state index is -1.55. The summed E-state index contributed by atoms with van der Waals surface area (Å²) in [5.74, 6) is -3.21. The van der Waals surface area contributed by atoms with E-state index in [4.69, 9.17) is 5.73 Å². The number of carbonyl (C=O) groups is 3. The standard InChI is InChI=1S/C23H18N2O4/c1-13-5-2-6-14(11-13)12-25-17-9-3-7-15(21(26)23(28)29)19(17)20-16(22(24)27)8-4-10-18(20)25/h2-11H,12H2,1H3,(H2,24,27)(H,28,29). The van der Waals surface area contributed by atoms with Crippen molar-refractivity contribution in [3.8, 4) is 0 Å². The molecule has 1 heterocycles. The molecule has 1 amide bonds. The van der Waals surface area contributed by atoms with Gasteiger partial charge in [0.1, 0.15) is 0 Å². The van der Waals surface area contributed by atoms with E-state index in [1.807, 2.05) is 41.8 Å². The molecule has 0 aliphatic rings. The fraction of sp³-hybridized carbons (Fsp3) is 0.0870. The lowest BCUT2D eigenvalue weighted by molar-refractivity contribution is -0.131. The van der Waals surface area contributed by atoms with Crippen LogP contribution in [0.25, 0.3) is 21.8 Å². The average Bonchev–Trinajstić information content (AvgIpc) is 3.01. The second-order valence-corrected chi connectivity index (χ2v) is 6.97. The summed E-state index contributed by atoms with van der Waals surface area (Å²) in [6.07, 6.45) is 0. The van der Waals surface area contributed by atoms with E-state index in [0.29, 0.717) is 28.4 Å². The molecule has 6 nitrogen and oxygen atoms in total. The molecular weight excluding hydrogens is 368 g/mol. The van der Waals surface area contributed by atoms with Crippen LogP contribution in [0.5, 0.6) is 0 Å². The van der Waals surface area contributed by atoms with Crippen LogP contribution >= 0.6 is 0 Å². The average molecular weight is 386 g/mol. The number of carbonyl (C=O) groups excluding carboxylic acids is 2. The number of aromatic nitrogens is 1. The van der Waals surface area contributed by atoms with Crippen LogP contribution in [0, 0.1) is 6.92 Å². The Hall–Kier alpha value is -3.93. The van der Waals surface area contributed by atoms with Crippen molar-refractivity contribution >= 4 is 39.5 Å². The maximum absolute atomic E-state index is 12.4. The fourth-order valence-corrected chi connectivity index (χ4v) is 3.86. The molecule has 3 aromatic carbocycles. The molecule has 0 spiro atoms. The van der Waals surface area contributed by atoms with Gasteiger partial charge in [-0.05, 0) is 36.8 Å². The van der Waals surface area contributed by atoms with E-state index < -0.39 is 17.7 Å². The third-order valence-corrected chi connectivity index (χ3v) is 5.04. The Kier molecular flexibility index (Phi) is 4.39. The second-order valence-electron chi connectivity index (χ2n) is 6.97. The number of aliphatic carboxylic acids is 1. The summed E-state index contributed by atoms with van der Waals surface area (Å²) in [5, 5.41) is 10.2. The molecule has 0 bridgehead atoms. The molecule has 0 radical (unpaired) electrons. The normalized spacial score (nSPS) is 11.1. The van der Waals surface area contributed by atoms with E-state index >= 15 is 0 Å². The summed E-state index contributed by atoms with van der Waals surface area (Å²) in [5.41, 5.74) is 9.42. The van der Waals surface area contributed by atoms with Crippen LogP contribution in [0.4, 0.5) is 0 Å². The number of amides is 1. The van der Waals surface area contributed by atoms with E-state index in [1.54, 1.807) is 18.2 Å². The van der Waals surface area contributed by atoms with Crippen molar-refractivity contribution in [2.45, 2.75) is 13.5 Å². The number of nitrogens with two attached hydrogens (primary N) is 1. The van der Waals surface area contributed by atoms with Gasteiger partial charge in [-0.25, -0.2) is 4.79 Å². The van der Waals surface area contributed by atoms with Crippen molar-refractivity contribution in [1.29, 1.82) is 0 Å². The van der Waals surface area contributed by atoms with Gasteiger partial charge in [0.25, 0.3) is 5.78 Å². The van der Waals surface area contributed by atoms with Crippen molar-refractivity contribution in [3.63, 3.8) is 0 Å². The van der Waals surface area contributed by atoms with Gasteiger partial charge < -0.3 is 15.4 Å². The number of ketones is 1. The predicted molar refractivity (Wildman–Crippen MR) is 110 cm³/mol. The lowest BCUT2D eigenvalue weighted by Crippen LogP contribution is -2.14. The number of benzene rings is 3. The van der Waals surface area contributed by atoms with Crippen LogP contribution in [0.15, 0.2) is 60.7 Å². The number of rotatable bonds is 5. The zero-order valence-electron chi connectivity index (χ0n) is 15.7. The molecule has 1 aromatic heterocycles. The first-order valence-electron chi connectivity index (χ1n) is 9.05. The third-order valence-electron chi connectivity index (χ3n) is 5.04. The van der Waals surface area contributed by atoms with Crippen LogP contribution < -0.4 is 5.73 Å². The van der Waals surface area contributed by atoms with Gasteiger partial charge in [0, 0.05) is 28.4 Å². The van der Waals surface area contributed by atoms with Gasteiger partial charge in [-0.1, -0.05) is 42.0 Å². The van der Waals surface area contributed by atoms with Gasteiger partial charge in [-0.15, -0.1) is 0 Å². The molecule has 0 aliphatic carbocycles. The number of fused-ring (bicyclic) bond motifs is 3. The summed E-state index contributed by atoms with van der Waals surface area (Å²) in [4.78, 5) is 35.9. The monoisotopic (exact) mass is 386 g/mol. The number of hydrogen-bond donors (Lipinski definition) is 2. The van der Waals surface area contributed by atoms with Crippen molar-refractivity contribution < 1.29 is 19.5 Å². The van der Waals surface area contributed by atoms with E-state index in [0.717, 1.165) is 11.1 Å². The van der Waals surface area contributed by atoms with E-state index in [1.165, 1.54) is 6.07 Å². The summed E-state index contributed by atoms with van der Waals surface area (Å²) in [7, 11) is 0. The van der Waals surface area contributed by atoms with Crippen molar-refractivity contribution in [1.82, 2.24) is 4.57 Å². The smallest absolute Gasteiger partial charge is 0.377 e. The molecule has 4 aromatic rings. The summed E-state index contributed by atoms with van der Waals surface area (Å²) in [6.45, 7) is 2.50. The van der Waals surface area contributed by atoms with Gasteiger partial charge >= 0.3 is 5.97 Å². The molecule has 144 valence electrons. The molecule has 0 saturated heterocycles. The molecule has 4 rings (SSSR count). The Balaban J connectivity index is 2.12. The van der Waals surface area contributed by atoms with Crippen LogP contribution in [0.2, 0.25) is 0 Å². The minimum Gasteiger partial charge on any atom is -0.475 e. The topological polar surface area (TPSA) is 102 Å². The van der Waals surface area contributed by atoms with Crippen molar-refractivity contribution in [2.75, 3.05) is 0 Å². The van der Waals surface area contributed by atoms with Gasteiger partial charge in [-0.3, -0.25) is 9.59 Å². The van der Waals surface area contributed by atoms with E-state index in [2.05, 4.69) is 6.07 Å². The number of hydrogen-bond acceptors (Lipinski definition) is 3. The molecular formula is C23H18N2O4. The Morgan fingerprint density at radius 3 is 2.07 bits per heavy atom. The number of nitrogens with zero attached hydrogens (tertiary/aromatic N) is 1. The third kappa shape index (κ3) is 3.04. The van der Waals surface area contributed by atoms with Gasteiger partial charge in [-0.2, -0.15) is 0 Å². The summed E-state index contributed by atoms with van der Waals surface area (Å²) >= 11 is 0. The van der Waals surface area contributed by atoms with Crippen LogP contribution in [-0.4, -0.2) is 27.3 Å². The number of aryl methyl sites for hydroxylation is 1. The first-order valence-corrected chi connectivity index (χ1v) is 9.05. The molecule has 0 saturated carbocycles. The highest BCUT2D eigenvalue weighted by Gasteiger charge is 2.24. The zero-order chi connectivity index (χ0) is 20.7. The largest absolute Gasteiger partial charge is 0.475 e. The van der Waals surface area contributed by atoms with Gasteiger partial charge in [0.05, 0.1) is 11.0 Å². The highest BCUT2D eigenvalue weighted by atomic mass is 16.4. The van der Waals surface area contributed by atoms with Gasteiger partial charge in [0.15, 0.2) is 0 Å². The zero-order valence-corrected chi connectivity index (χ0v) is 15.7. The molecule has 0 aliphatic heterocycles. The molecule has 0 fully saturated rings. The van der Waals surface area contributed by atoms with Crippen LogP contribution in [0.3, 0.4) is 0 Å². The SMILES string of the molecule is Cc1cccc(Cn2c3cccc(C(N)=O)c3c3c(C(=O)C(=O)O)cccc32)c1. The Labute approximate surface area is 166 Å². The molecule has 0 atom stereocenters. The van der Waals surface area contributed by atoms with Crippen LogP contribution in [0.1, 0.15) is 31.8 Å². The molecule has 29 heavy (non-hydrogen) atoms. The van der Waals surface area contributed by atoms with Crippen LogP contribution in [-0.2, 0) is 11.3 Å². The fourth-order valence-electron chi connectivity index (χ4n) is 3.86. The van der Waals surface area contributed by atoms with Crippen molar-refractivity contribution in [2.24, 2.45) is 5.73 Å².